The Bertz CT molecular complexity index is 1090. The number of thiazole rings is 1. The molecule has 0 spiro atoms. The highest BCUT2D eigenvalue weighted by molar-refractivity contribution is 7.11. The Morgan fingerprint density at radius 1 is 1.22 bits per heavy atom. The summed E-state index contributed by atoms with van der Waals surface area (Å²) in [7, 11) is 0. The molecule has 3 aromatic rings. The number of hydrogen-bond donors (Lipinski definition) is 2. The molecule has 1 heterocycles. The molecule has 134 valence electrons. The van der Waals surface area contributed by atoms with Crippen LogP contribution in [0.2, 0.25) is 10.0 Å². The maximum atomic E-state index is 11.5. The molecule has 8 heteroatoms. The van der Waals surface area contributed by atoms with Crippen molar-refractivity contribution in [1.82, 2.24) is 4.98 Å². The second kappa shape index (κ2) is 8.23. The Labute approximate surface area is 169 Å². The maximum Gasteiger partial charge on any atom is 0.250 e. The van der Waals surface area contributed by atoms with Gasteiger partial charge < -0.3 is 11.1 Å². The van der Waals surface area contributed by atoms with E-state index in [4.69, 9.17) is 28.9 Å². The molecule has 0 bridgehead atoms. The van der Waals surface area contributed by atoms with Gasteiger partial charge in [0.15, 0.2) is 0 Å². The predicted molar refractivity (Wildman–Crippen MR) is 110 cm³/mol. The van der Waals surface area contributed by atoms with Crippen LogP contribution in [0.4, 0.5) is 5.69 Å². The Morgan fingerprint density at radius 2 is 2.00 bits per heavy atom. The zero-order chi connectivity index (χ0) is 19.4. The predicted octanol–water partition coefficient (Wildman–Crippen LogP) is 5.19. The van der Waals surface area contributed by atoms with Gasteiger partial charge in [0.25, 0.3) is 5.91 Å². The summed E-state index contributed by atoms with van der Waals surface area (Å²) in [5, 5.41) is 15.7. The fourth-order valence-electron chi connectivity index (χ4n) is 2.30. The molecule has 3 N–H and O–H groups in total. The highest BCUT2D eigenvalue weighted by Gasteiger charge is 2.11. The lowest BCUT2D eigenvalue weighted by Crippen LogP contribution is -2.13. The Morgan fingerprint density at radius 3 is 2.70 bits per heavy atom. The van der Waals surface area contributed by atoms with Crippen molar-refractivity contribution in [2.75, 3.05) is 5.32 Å². The third-order valence-corrected chi connectivity index (χ3v) is 5.25. The molecular formula is C19H12Cl2N4OS. The number of benzene rings is 2. The van der Waals surface area contributed by atoms with Crippen molar-refractivity contribution in [3.63, 3.8) is 0 Å². The summed E-state index contributed by atoms with van der Waals surface area (Å²) in [5.41, 5.74) is 8.02. The molecule has 3 rings (SSSR count). The lowest BCUT2D eigenvalue weighted by atomic mass is 10.1. The minimum atomic E-state index is -0.554. The molecule has 0 atom stereocenters. The molecule has 27 heavy (non-hydrogen) atoms. The third-order valence-electron chi connectivity index (χ3n) is 3.63. The number of nitriles is 1. The number of allylic oxidation sites excluding steroid dienone is 1. The van der Waals surface area contributed by atoms with Gasteiger partial charge in [0.05, 0.1) is 27.0 Å². The van der Waals surface area contributed by atoms with Crippen molar-refractivity contribution in [1.29, 1.82) is 5.26 Å². The number of anilines is 1. The number of halogens is 2. The van der Waals surface area contributed by atoms with Gasteiger partial charge in [-0.2, -0.15) is 5.26 Å². The standard InChI is InChI=1S/C19H12Cl2N4OS/c20-14-6-5-11(7-15(14)21)17-10-27-19(25-17)12(8-22)9-24-16-4-2-1-3-13(16)18(23)26/h1-7,9-10,24H,(H2,23,26)/b12-9+. The summed E-state index contributed by atoms with van der Waals surface area (Å²) in [4.78, 5) is 16.0. The summed E-state index contributed by atoms with van der Waals surface area (Å²) in [5.74, 6) is -0.554. The van der Waals surface area contributed by atoms with Crippen LogP contribution in [-0.2, 0) is 0 Å². The van der Waals surface area contributed by atoms with Crippen LogP contribution in [-0.4, -0.2) is 10.9 Å². The fourth-order valence-corrected chi connectivity index (χ4v) is 3.39. The van der Waals surface area contributed by atoms with Gasteiger partial charge in [0.1, 0.15) is 16.6 Å². The first-order valence-electron chi connectivity index (χ1n) is 7.66. The van der Waals surface area contributed by atoms with E-state index in [-0.39, 0.29) is 0 Å². The number of carbonyl (C=O) groups is 1. The van der Waals surface area contributed by atoms with E-state index >= 15 is 0 Å². The SMILES string of the molecule is N#C/C(=C\Nc1ccccc1C(N)=O)c1nc(-c2ccc(Cl)c(Cl)c2)cs1. The van der Waals surface area contributed by atoms with E-state index in [9.17, 15) is 10.1 Å². The summed E-state index contributed by atoms with van der Waals surface area (Å²) >= 11 is 13.3. The third kappa shape index (κ3) is 4.29. The first-order chi connectivity index (χ1) is 13.0. The zero-order valence-electron chi connectivity index (χ0n) is 13.7. The van der Waals surface area contributed by atoms with E-state index in [1.54, 1.807) is 36.4 Å². The van der Waals surface area contributed by atoms with Crippen LogP contribution in [0.3, 0.4) is 0 Å². The number of carbonyl (C=O) groups excluding carboxylic acids is 1. The van der Waals surface area contributed by atoms with Crippen molar-refractivity contribution < 1.29 is 4.79 Å². The highest BCUT2D eigenvalue weighted by atomic mass is 35.5. The van der Waals surface area contributed by atoms with Gasteiger partial charge in [-0.15, -0.1) is 11.3 Å². The zero-order valence-corrected chi connectivity index (χ0v) is 16.1. The van der Waals surface area contributed by atoms with Crippen LogP contribution in [0.1, 0.15) is 15.4 Å². The van der Waals surface area contributed by atoms with Crippen molar-refractivity contribution in [2.45, 2.75) is 0 Å². The molecule has 0 aliphatic carbocycles. The van der Waals surface area contributed by atoms with Gasteiger partial charge in [0, 0.05) is 17.1 Å². The van der Waals surface area contributed by atoms with E-state index in [1.807, 2.05) is 11.4 Å². The summed E-state index contributed by atoms with van der Waals surface area (Å²) in [6, 6.07) is 14.1. The minimum absolute atomic E-state index is 0.325. The molecule has 0 radical (unpaired) electrons. The molecule has 5 nitrogen and oxygen atoms in total. The monoisotopic (exact) mass is 414 g/mol. The van der Waals surface area contributed by atoms with Crippen LogP contribution in [0.15, 0.2) is 54.0 Å². The molecule has 1 aromatic heterocycles. The quantitative estimate of drug-likeness (QED) is 0.561. The first-order valence-corrected chi connectivity index (χ1v) is 9.30. The lowest BCUT2D eigenvalue weighted by molar-refractivity contribution is 0.100. The second-order valence-corrected chi connectivity index (χ2v) is 7.06. The second-order valence-electron chi connectivity index (χ2n) is 5.39. The summed E-state index contributed by atoms with van der Waals surface area (Å²) < 4.78 is 0. The van der Waals surface area contributed by atoms with E-state index in [2.05, 4.69) is 16.4 Å². The van der Waals surface area contributed by atoms with Crippen LogP contribution in [0, 0.1) is 11.3 Å². The van der Waals surface area contributed by atoms with Gasteiger partial charge in [0.2, 0.25) is 0 Å². The lowest BCUT2D eigenvalue weighted by Gasteiger charge is -2.06. The molecular weight excluding hydrogens is 403 g/mol. The van der Waals surface area contributed by atoms with Gasteiger partial charge in [-0.1, -0.05) is 41.4 Å². The fraction of sp³-hybridized carbons (Fsp3) is 0. The number of aromatic nitrogens is 1. The van der Waals surface area contributed by atoms with Gasteiger partial charge in [-0.05, 0) is 24.3 Å². The largest absolute Gasteiger partial charge is 0.366 e. The number of nitrogens with two attached hydrogens (primary N) is 1. The number of rotatable bonds is 5. The van der Waals surface area contributed by atoms with Crippen molar-refractivity contribution in [3.05, 3.63) is 74.7 Å². The van der Waals surface area contributed by atoms with Gasteiger partial charge in [-0.25, -0.2) is 4.98 Å². The molecule has 0 saturated heterocycles. The van der Waals surface area contributed by atoms with Gasteiger partial charge >= 0.3 is 0 Å². The van der Waals surface area contributed by atoms with Crippen molar-refractivity contribution in [3.8, 4) is 17.3 Å². The van der Waals surface area contributed by atoms with Crippen LogP contribution in [0.5, 0.6) is 0 Å². The smallest absolute Gasteiger partial charge is 0.250 e. The molecule has 0 aliphatic rings. The molecule has 0 fully saturated rings. The topological polar surface area (TPSA) is 91.8 Å². The molecule has 2 aromatic carbocycles. The molecule has 1 amide bonds. The molecule has 0 aliphatic heterocycles. The van der Waals surface area contributed by atoms with Crippen molar-refractivity contribution >= 4 is 51.7 Å². The molecule has 0 unspecified atom stereocenters. The number of primary amides is 1. The van der Waals surface area contributed by atoms with E-state index in [0.717, 1.165) is 5.56 Å². The van der Waals surface area contributed by atoms with E-state index in [0.29, 0.717) is 37.6 Å². The van der Waals surface area contributed by atoms with Crippen LogP contribution < -0.4 is 11.1 Å². The van der Waals surface area contributed by atoms with Gasteiger partial charge in [-0.3, -0.25) is 4.79 Å². The van der Waals surface area contributed by atoms with Crippen LogP contribution >= 0.6 is 34.5 Å². The number of para-hydroxylation sites is 1. The average Bonchev–Trinajstić information content (AvgIpc) is 3.14. The summed E-state index contributed by atoms with van der Waals surface area (Å²) in [6.45, 7) is 0. The van der Waals surface area contributed by atoms with E-state index < -0.39 is 5.91 Å². The number of nitrogens with zero attached hydrogens (tertiary/aromatic N) is 2. The van der Waals surface area contributed by atoms with Crippen molar-refractivity contribution in [2.24, 2.45) is 5.73 Å². The Balaban J connectivity index is 1.88. The Kier molecular flexibility index (Phi) is 5.77. The number of amides is 1. The van der Waals surface area contributed by atoms with E-state index in [1.165, 1.54) is 17.5 Å². The van der Waals surface area contributed by atoms with Crippen LogP contribution in [0.25, 0.3) is 16.8 Å². The highest BCUT2D eigenvalue weighted by Crippen LogP contribution is 2.31. The minimum Gasteiger partial charge on any atom is -0.366 e. The first kappa shape index (κ1) is 18.9. The summed E-state index contributed by atoms with van der Waals surface area (Å²) in [6.07, 6.45) is 1.50. The number of nitrogens with one attached hydrogen (secondary N) is 1. The average molecular weight is 415 g/mol. The maximum absolute atomic E-state index is 11.5. The molecule has 0 saturated carbocycles. The Hall–Kier alpha value is -2.85. The number of hydrogen-bond acceptors (Lipinski definition) is 5. The normalized spacial score (nSPS) is 11.1.